The van der Waals surface area contributed by atoms with E-state index in [1.165, 1.54) is 11.1 Å². The molecule has 0 fully saturated rings. The number of nitrogens with zero attached hydrogens (tertiary/aromatic N) is 1. The van der Waals surface area contributed by atoms with E-state index in [1.54, 1.807) is 6.07 Å². The van der Waals surface area contributed by atoms with Crippen molar-refractivity contribution in [1.82, 2.24) is 9.97 Å². The van der Waals surface area contributed by atoms with Crippen molar-refractivity contribution in [2.24, 2.45) is 5.92 Å². The van der Waals surface area contributed by atoms with Crippen molar-refractivity contribution in [3.05, 3.63) is 63.3 Å². The van der Waals surface area contributed by atoms with E-state index in [0.717, 1.165) is 37.2 Å². The quantitative estimate of drug-likeness (QED) is 0.937. The number of aromatic amines is 1. The summed E-state index contributed by atoms with van der Waals surface area (Å²) in [5.41, 5.74) is 3.60. The average Bonchev–Trinajstić information content (AvgIpc) is 2.45. The fourth-order valence-electron chi connectivity index (χ4n) is 3.25. The number of aromatic nitrogens is 2. The first-order chi connectivity index (χ1) is 10.1. The summed E-state index contributed by atoms with van der Waals surface area (Å²) in [6.07, 6.45) is 4.19. The van der Waals surface area contributed by atoms with Crippen LogP contribution in [0.2, 0.25) is 0 Å². The van der Waals surface area contributed by atoms with Crippen LogP contribution in [-0.4, -0.2) is 9.97 Å². The zero-order chi connectivity index (χ0) is 14.8. The summed E-state index contributed by atoms with van der Waals surface area (Å²) < 4.78 is 0. The maximum atomic E-state index is 12.0. The molecule has 3 rings (SSSR count). The summed E-state index contributed by atoms with van der Waals surface area (Å²) in [7, 11) is 0. The third kappa shape index (κ3) is 3.07. The normalized spacial score (nSPS) is 17.8. The fourth-order valence-corrected chi connectivity index (χ4v) is 3.25. The Hall–Kier alpha value is -1.90. The zero-order valence-electron chi connectivity index (χ0n) is 12.7. The van der Waals surface area contributed by atoms with Crippen LogP contribution in [0.1, 0.15) is 55.3 Å². The summed E-state index contributed by atoms with van der Waals surface area (Å²) in [5, 5.41) is 0. The Kier molecular flexibility index (Phi) is 3.91. The van der Waals surface area contributed by atoms with Crippen LogP contribution in [0.15, 0.2) is 35.1 Å². The van der Waals surface area contributed by atoms with Crippen molar-refractivity contribution in [1.29, 1.82) is 0 Å². The van der Waals surface area contributed by atoms with Gasteiger partial charge in [-0.3, -0.25) is 4.79 Å². The first-order valence-electron chi connectivity index (χ1n) is 7.81. The highest BCUT2D eigenvalue weighted by Gasteiger charge is 2.23. The minimum absolute atomic E-state index is 0.0290. The maximum absolute atomic E-state index is 12.0. The van der Waals surface area contributed by atoms with Crippen molar-refractivity contribution in [3.63, 3.8) is 0 Å². The second kappa shape index (κ2) is 5.84. The van der Waals surface area contributed by atoms with Gasteiger partial charge in [-0.25, -0.2) is 4.98 Å². The van der Waals surface area contributed by atoms with Crippen LogP contribution < -0.4 is 5.56 Å². The molecule has 0 spiro atoms. The van der Waals surface area contributed by atoms with E-state index in [9.17, 15) is 4.79 Å². The molecule has 21 heavy (non-hydrogen) atoms. The molecule has 3 nitrogen and oxygen atoms in total. The fraction of sp³-hybridized carbons (Fsp3) is 0.444. The van der Waals surface area contributed by atoms with E-state index in [4.69, 9.17) is 4.98 Å². The van der Waals surface area contributed by atoms with Crippen molar-refractivity contribution in [2.45, 2.75) is 45.4 Å². The van der Waals surface area contributed by atoms with E-state index in [0.29, 0.717) is 5.92 Å². The Balaban J connectivity index is 2.01. The molecule has 0 bridgehead atoms. The van der Waals surface area contributed by atoms with Gasteiger partial charge in [-0.1, -0.05) is 38.1 Å². The third-order valence-electron chi connectivity index (χ3n) is 4.13. The van der Waals surface area contributed by atoms with Gasteiger partial charge >= 0.3 is 0 Å². The molecule has 0 aliphatic heterocycles. The van der Waals surface area contributed by atoms with Crippen molar-refractivity contribution in [2.75, 3.05) is 0 Å². The van der Waals surface area contributed by atoms with Crippen molar-refractivity contribution in [3.8, 4) is 0 Å². The lowest BCUT2D eigenvalue weighted by atomic mass is 9.82. The number of benzene rings is 1. The van der Waals surface area contributed by atoms with E-state index >= 15 is 0 Å². The minimum atomic E-state index is -0.0290. The summed E-state index contributed by atoms with van der Waals surface area (Å²) >= 11 is 0. The number of aryl methyl sites for hydroxylation is 1. The lowest BCUT2D eigenvalue weighted by molar-refractivity contribution is 0.576. The second-order valence-corrected chi connectivity index (χ2v) is 6.36. The monoisotopic (exact) mass is 282 g/mol. The molecule has 1 atom stereocenters. The van der Waals surface area contributed by atoms with Gasteiger partial charge in [0.05, 0.1) is 0 Å². The Bertz CT molecular complexity index is 688. The molecule has 3 heteroatoms. The number of hydrogen-bond donors (Lipinski definition) is 1. The van der Waals surface area contributed by atoms with Gasteiger partial charge in [0, 0.05) is 17.7 Å². The summed E-state index contributed by atoms with van der Waals surface area (Å²) in [6, 6.07) is 10.2. The summed E-state index contributed by atoms with van der Waals surface area (Å²) in [5.74, 6) is 1.57. The van der Waals surface area contributed by atoms with Crippen LogP contribution in [-0.2, 0) is 12.8 Å². The van der Waals surface area contributed by atoms with Crippen LogP contribution in [0.4, 0.5) is 0 Å². The Morgan fingerprint density at radius 1 is 1.33 bits per heavy atom. The summed E-state index contributed by atoms with van der Waals surface area (Å²) in [4.78, 5) is 19.7. The van der Waals surface area contributed by atoms with E-state index in [2.05, 4.69) is 43.1 Å². The van der Waals surface area contributed by atoms with Crippen LogP contribution in [0.5, 0.6) is 0 Å². The number of fused-ring (bicyclic) bond motifs is 1. The number of H-pyrrole nitrogens is 1. The molecule has 0 radical (unpaired) electrons. The van der Waals surface area contributed by atoms with Crippen LogP contribution in [0.3, 0.4) is 0 Å². The van der Waals surface area contributed by atoms with Crippen molar-refractivity contribution < 1.29 is 0 Å². The van der Waals surface area contributed by atoms with E-state index < -0.39 is 0 Å². The van der Waals surface area contributed by atoms with Gasteiger partial charge in [-0.05, 0) is 42.7 Å². The predicted octanol–water partition coefficient (Wildman–Crippen LogP) is 3.44. The molecule has 0 saturated heterocycles. The molecule has 0 amide bonds. The van der Waals surface area contributed by atoms with Crippen LogP contribution >= 0.6 is 0 Å². The van der Waals surface area contributed by atoms with Gasteiger partial charge in [-0.15, -0.1) is 0 Å². The maximum Gasteiger partial charge on any atom is 0.251 e. The van der Waals surface area contributed by atoms with Gasteiger partial charge in [0.2, 0.25) is 0 Å². The molecule has 0 saturated carbocycles. The standard InChI is InChI=1S/C18H22N2O/c1-12(2)10-14-11-17(21)20-18(19-14)16-9-5-7-13-6-3-4-8-15(13)16/h3-4,6,8,11-12,16H,5,7,9-10H2,1-2H3,(H,19,20,21). The van der Waals surface area contributed by atoms with Gasteiger partial charge in [0.25, 0.3) is 5.56 Å². The molecule has 2 aromatic rings. The molecule has 110 valence electrons. The minimum Gasteiger partial charge on any atom is -0.310 e. The average molecular weight is 282 g/mol. The lowest BCUT2D eigenvalue weighted by Crippen LogP contribution is -2.20. The highest BCUT2D eigenvalue weighted by molar-refractivity contribution is 5.36. The largest absolute Gasteiger partial charge is 0.310 e. The molecule has 1 aliphatic rings. The van der Waals surface area contributed by atoms with Gasteiger partial charge < -0.3 is 4.98 Å². The third-order valence-corrected chi connectivity index (χ3v) is 4.13. The zero-order valence-corrected chi connectivity index (χ0v) is 12.7. The molecule has 1 N–H and O–H groups in total. The Labute approximate surface area is 125 Å². The molecule has 1 aliphatic carbocycles. The second-order valence-electron chi connectivity index (χ2n) is 6.36. The van der Waals surface area contributed by atoms with E-state index in [1.807, 2.05) is 0 Å². The molecule has 1 unspecified atom stereocenters. The lowest BCUT2D eigenvalue weighted by Gasteiger charge is -2.25. The number of hydrogen-bond acceptors (Lipinski definition) is 2. The first-order valence-corrected chi connectivity index (χ1v) is 7.81. The Morgan fingerprint density at radius 3 is 2.95 bits per heavy atom. The van der Waals surface area contributed by atoms with Gasteiger partial charge in [-0.2, -0.15) is 0 Å². The molecular formula is C18H22N2O. The van der Waals surface area contributed by atoms with Crippen molar-refractivity contribution >= 4 is 0 Å². The highest BCUT2D eigenvalue weighted by Crippen LogP contribution is 2.34. The summed E-state index contributed by atoms with van der Waals surface area (Å²) in [6.45, 7) is 4.30. The van der Waals surface area contributed by atoms with Crippen LogP contribution in [0, 0.1) is 5.92 Å². The number of rotatable bonds is 3. The van der Waals surface area contributed by atoms with Crippen LogP contribution in [0.25, 0.3) is 0 Å². The predicted molar refractivity (Wildman–Crippen MR) is 84.6 cm³/mol. The molecule has 1 aromatic carbocycles. The molecular weight excluding hydrogens is 260 g/mol. The first kappa shape index (κ1) is 14.1. The van der Waals surface area contributed by atoms with Gasteiger partial charge in [0.15, 0.2) is 0 Å². The van der Waals surface area contributed by atoms with Gasteiger partial charge in [0.1, 0.15) is 5.82 Å². The highest BCUT2D eigenvalue weighted by atomic mass is 16.1. The molecule has 1 heterocycles. The number of nitrogens with one attached hydrogen (secondary N) is 1. The topological polar surface area (TPSA) is 45.8 Å². The smallest absolute Gasteiger partial charge is 0.251 e. The Morgan fingerprint density at radius 2 is 2.14 bits per heavy atom. The SMILES string of the molecule is CC(C)Cc1cc(=O)[nH]c(C2CCCc3ccccc32)n1. The van der Waals surface area contributed by atoms with E-state index in [-0.39, 0.29) is 11.5 Å². The molecule has 1 aromatic heterocycles.